The van der Waals surface area contributed by atoms with E-state index in [-0.39, 0.29) is 5.56 Å². The minimum atomic E-state index is -0.247. The van der Waals surface area contributed by atoms with Crippen LogP contribution in [0.1, 0.15) is 20.3 Å². The molecular weight excluding hydrogens is 426 g/mol. The van der Waals surface area contributed by atoms with Crippen molar-refractivity contribution >= 4 is 39.0 Å². The molecule has 1 saturated heterocycles. The van der Waals surface area contributed by atoms with Crippen molar-refractivity contribution < 1.29 is 0 Å². The second kappa shape index (κ2) is 9.02. The smallest absolute Gasteiger partial charge is 0.261 e. The van der Waals surface area contributed by atoms with E-state index in [9.17, 15) is 4.79 Å². The van der Waals surface area contributed by atoms with E-state index in [2.05, 4.69) is 58.1 Å². The zero-order valence-corrected chi connectivity index (χ0v) is 20.1. The van der Waals surface area contributed by atoms with Crippen LogP contribution in [0.15, 0.2) is 41.2 Å². The van der Waals surface area contributed by atoms with Gasteiger partial charge in [0.1, 0.15) is 11.4 Å². The van der Waals surface area contributed by atoms with Crippen LogP contribution in [-0.4, -0.2) is 59.6 Å². The van der Waals surface area contributed by atoms with Crippen LogP contribution in [0, 0.1) is 5.92 Å². The lowest BCUT2D eigenvalue weighted by molar-refractivity contribution is 0.313. The molecule has 0 spiro atoms. The molecule has 0 aliphatic carbocycles. The van der Waals surface area contributed by atoms with E-state index in [1.807, 2.05) is 24.3 Å². The van der Waals surface area contributed by atoms with Crippen LogP contribution in [-0.2, 0) is 0 Å². The van der Waals surface area contributed by atoms with Crippen LogP contribution >= 0.6 is 0 Å². The number of nitrogens with two attached hydrogens (primary N) is 1. The normalized spacial score (nSPS) is 15.8. The van der Waals surface area contributed by atoms with Gasteiger partial charge in [0.15, 0.2) is 0 Å². The third kappa shape index (κ3) is 4.21. The fourth-order valence-electron chi connectivity index (χ4n) is 4.48. The third-order valence-corrected chi connectivity index (χ3v) is 6.98. The van der Waals surface area contributed by atoms with E-state index in [0.717, 1.165) is 66.9 Å². The molecule has 34 heavy (non-hydrogen) atoms. The van der Waals surface area contributed by atoms with Gasteiger partial charge in [-0.3, -0.25) is 4.79 Å². The number of hydrogen-bond acceptors (Lipinski definition) is 6. The molecule has 8 nitrogen and oxygen atoms in total. The summed E-state index contributed by atoms with van der Waals surface area (Å²) in [4.78, 5) is 28.7. The molecule has 0 saturated carbocycles. The SMILES string of the molecule is CCC(C)CNc1ccc2[nH]c(=O)c(-c3nc4ccc(N5CCN(C)CC5)cc4[nH]3)c(N)c2c1. The number of likely N-dealkylation sites (N-methyl/N-ethyl adjacent to an activating group) is 1. The van der Waals surface area contributed by atoms with Crippen molar-refractivity contribution in [2.24, 2.45) is 5.92 Å². The third-order valence-electron chi connectivity index (χ3n) is 6.98. The van der Waals surface area contributed by atoms with Gasteiger partial charge in [-0.1, -0.05) is 20.3 Å². The Labute approximate surface area is 199 Å². The van der Waals surface area contributed by atoms with Crippen molar-refractivity contribution in [2.45, 2.75) is 20.3 Å². The predicted molar refractivity (Wildman–Crippen MR) is 142 cm³/mol. The number of hydrogen-bond donors (Lipinski definition) is 4. The molecule has 4 aromatic rings. The quantitative estimate of drug-likeness (QED) is 0.349. The first-order chi connectivity index (χ1) is 16.4. The topological polar surface area (TPSA) is 106 Å². The fraction of sp³-hybridized carbons (Fsp3) is 0.385. The Balaban J connectivity index is 1.51. The Kier molecular flexibility index (Phi) is 5.91. The molecule has 1 aliphatic heterocycles. The molecule has 1 unspecified atom stereocenters. The van der Waals surface area contributed by atoms with Gasteiger partial charge in [-0.15, -0.1) is 0 Å². The molecule has 5 N–H and O–H groups in total. The maximum Gasteiger partial charge on any atom is 0.261 e. The lowest BCUT2D eigenvalue weighted by Gasteiger charge is -2.34. The number of nitrogen functional groups attached to an aromatic ring is 1. The van der Waals surface area contributed by atoms with E-state index in [1.165, 1.54) is 0 Å². The Morgan fingerprint density at radius 1 is 1.09 bits per heavy atom. The van der Waals surface area contributed by atoms with Gasteiger partial charge in [0.2, 0.25) is 0 Å². The van der Waals surface area contributed by atoms with Crippen molar-refractivity contribution in [1.29, 1.82) is 0 Å². The molecule has 2 aromatic carbocycles. The van der Waals surface area contributed by atoms with Crippen LogP contribution in [0.5, 0.6) is 0 Å². The van der Waals surface area contributed by atoms with E-state index in [4.69, 9.17) is 10.7 Å². The Morgan fingerprint density at radius 3 is 2.65 bits per heavy atom. The number of imidazole rings is 1. The minimum Gasteiger partial charge on any atom is -0.397 e. The van der Waals surface area contributed by atoms with E-state index in [0.29, 0.717) is 28.5 Å². The van der Waals surface area contributed by atoms with Gasteiger partial charge in [0.05, 0.1) is 22.2 Å². The number of anilines is 3. The summed E-state index contributed by atoms with van der Waals surface area (Å²) in [6, 6.07) is 12.1. The summed E-state index contributed by atoms with van der Waals surface area (Å²) in [6.45, 7) is 9.36. The molecule has 0 amide bonds. The van der Waals surface area contributed by atoms with E-state index < -0.39 is 0 Å². The largest absolute Gasteiger partial charge is 0.397 e. The number of aromatic amines is 2. The zero-order valence-electron chi connectivity index (χ0n) is 20.1. The summed E-state index contributed by atoms with van der Waals surface area (Å²) in [5, 5.41) is 4.28. The maximum atomic E-state index is 13.0. The molecule has 8 heteroatoms. The Morgan fingerprint density at radius 2 is 1.88 bits per heavy atom. The molecule has 0 radical (unpaired) electrons. The summed E-state index contributed by atoms with van der Waals surface area (Å²) in [5.74, 6) is 1.06. The average molecular weight is 460 g/mol. The molecule has 1 fully saturated rings. The van der Waals surface area contributed by atoms with Crippen molar-refractivity contribution in [3.63, 3.8) is 0 Å². The number of benzene rings is 2. The van der Waals surface area contributed by atoms with Gasteiger partial charge in [-0.05, 0) is 49.4 Å². The number of nitrogens with one attached hydrogen (secondary N) is 3. The lowest BCUT2D eigenvalue weighted by Crippen LogP contribution is -2.44. The second-order valence-corrected chi connectivity index (χ2v) is 9.47. The maximum absolute atomic E-state index is 13.0. The van der Waals surface area contributed by atoms with E-state index in [1.54, 1.807) is 0 Å². The summed E-state index contributed by atoms with van der Waals surface area (Å²) < 4.78 is 0. The standard InChI is InChI=1S/C26H33N7O/c1-4-16(2)15-28-17-5-7-20-19(13-17)24(27)23(26(34)31-20)25-29-21-8-6-18(14-22(21)30-25)33-11-9-32(3)10-12-33/h5-8,13-14,16,28H,4,9-12,15H2,1-3H3,(H,29,30)(H3,27,31,34). The highest BCUT2D eigenvalue weighted by Crippen LogP contribution is 2.31. The van der Waals surface area contributed by atoms with Crippen molar-refractivity contribution in [2.75, 3.05) is 55.7 Å². The molecule has 178 valence electrons. The fourth-order valence-corrected chi connectivity index (χ4v) is 4.48. The Hall–Kier alpha value is -3.52. The molecule has 1 atom stereocenters. The highest BCUT2D eigenvalue weighted by molar-refractivity contribution is 5.99. The van der Waals surface area contributed by atoms with Crippen LogP contribution in [0.3, 0.4) is 0 Å². The number of pyridine rings is 1. The zero-order chi connectivity index (χ0) is 23.8. The number of nitrogens with zero attached hydrogens (tertiary/aromatic N) is 3. The molecule has 5 rings (SSSR count). The van der Waals surface area contributed by atoms with Crippen molar-refractivity contribution in [3.05, 3.63) is 46.8 Å². The predicted octanol–water partition coefficient (Wildman–Crippen LogP) is 3.86. The number of piperazine rings is 1. The van der Waals surface area contributed by atoms with Gasteiger partial charge >= 0.3 is 0 Å². The van der Waals surface area contributed by atoms with Gasteiger partial charge in [-0.2, -0.15) is 0 Å². The Bertz CT molecular complexity index is 1380. The summed E-state index contributed by atoms with van der Waals surface area (Å²) in [6.07, 6.45) is 1.11. The van der Waals surface area contributed by atoms with Crippen molar-refractivity contribution in [3.8, 4) is 11.4 Å². The first-order valence-electron chi connectivity index (χ1n) is 12.1. The highest BCUT2D eigenvalue weighted by atomic mass is 16.1. The van der Waals surface area contributed by atoms with Gasteiger partial charge < -0.3 is 30.8 Å². The molecule has 2 aromatic heterocycles. The molecule has 1 aliphatic rings. The van der Waals surface area contributed by atoms with Crippen LogP contribution in [0.4, 0.5) is 17.1 Å². The highest BCUT2D eigenvalue weighted by Gasteiger charge is 2.18. The number of aromatic nitrogens is 3. The second-order valence-electron chi connectivity index (χ2n) is 9.47. The lowest BCUT2D eigenvalue weighted by atomic mass is 10.1. The summed E-state index contributed by atoms with van der Waals surface area (Å²) >= 11 is 0. The number of H-pyrrole nitrogens is 2. The van der Waals surface area contributed by atoms with Gasteiger partial charge in [-0.25, -0.2) is 4.98 Å². The monoisotopic (exact) mass is 459 g/mol. The molecule has 3 heterocycles. The summed E-state index contributed by atoms with van der Waals surface area (Å²) in [7, 11) is 2.15. The molecular formula is C26H33N7O. The summed E-state index contributed by atoms with van der Waals surface area (Å²) in [5.41, 5.74) is 11.7. The van der Waals surface area contributed by atoms with Crippen LogP contribution in [0.25, 0.3) is 33.3 Å². The number of rotatable bonds is 6. The van der Waals surface area contributed by atoms with Gasteiger partial charge in [0, 0.05) is 49.5 Å². The average Bonchev–Trinajstić information content (AvgIpc) is 3.26. The first-order valence-corrected chi connectivity index (χ1v) is 12.1. The van der Waals surface area contributed by atoms with Crippen molar-refractivity contribution in [1.82, 2.24) is 19.9 Å². The number of fused-ring (bicyclic) bond motifs is 2. The minimum absolute atomic E-state index is 0.247. The van der Waals surface area contributed by atoms with Crippen LogP contribution in [0.2, 0.25) is 0 Å². The van der Waals surface area contributed by atoms with Crippen LogP contribution < -0.4 is 21.5 Å². The van der Waals surface area contributed by atoms with Gasteiger partial charge in [0.25, 0.3) is 5.56 Å². The molecule has 0 bridgehead atoms. The van der Waals surface area contributed by atoms with E-state index >= 15 is 0 Å². The first kappa shape index (κ1) is 22.3.